The zero-order chi connectivity index (χ0) is 14.4. The maximum atomic E-state index is 12.1. The average Bonchev–Trinajstić information content (AvgIpc) is 2.48. The van der Waals surface area contributed by atoms with E-state index in [1.807, 2.05) is 25.1 Å². The third kappa shape index (κ3) is 3.73. The van der Waals surface area contributed by atoms with Crippen molar-refractivity contribution in [3.8, 4) is 11.8 Å². The molecule has 0 unspecified atom stereocenters. The second kappa shape index (κ2) is 6.94. The van der Waals surface area contributed by atoms with Gasteiger partial charge in [-0.2, -0.15) is 0 Å². The van der Waals surface area contributed by atoms with Gasteiger partial charge in [0.25, 0.3) is 0 Å². The van der Waals surface area contributed by atoms with Crippen LogP contribution in [0.5, 0.6) is 0 Å². The topological polar surface area (TPSA) is 61.8 Å². The summed E-state index contributed by atoms with van der Waals surface area (Å²) in [5, 5.41) is 11.7. The Morgan fingerprint density at radius 1 is 1.45 bits per heavy atom. The summed E-state index contributed by atoms with van der Waals surface area (Å²) in [6.07, 6.45) is 0. The maximum absolute atomic E-state index is 12.1. The molecule has 0 aliphatic carbocycles. The van der Waals surface area contributed by atoms with Gasteiger partial charge in [-0.05, 0) is 24.6 Å². The molecule has 1 saturated heterocycles. The minimum Gasteiger partial charge on any atom is -0.384 e. The number of carbonyl (C=O) groups excluding carboxylic acids is 1. The lowest BCUT2D eigenvalue weighted by Gasteiger charge is -2.27. The quantitative estimate of drug-likeness (QED) is 0.757. The number of urea groups is 1. The molecule has 5 nitrogen and oxygen atoms in total. The summed E-state index contributed by atoms with van der Waals surface area (Å²) in [5.74, 6) is 5.46. The fraction of sp³-hybridized carbons (Fsp3) is 0.400. The molecule has 0 radical (unpaired) electrons. The highest BCUT2D eigenvalue weighted by Crippen LogP contribution is 2.17. The normalized spacial score (nSPS) is 14.4. The van der Waals surface area contributed by atoms with E-state index in [1.54, 1.807) is 4.90 Å². The van der Waals surface area contributed by atoms with E-state index < -0.39 is 0 Å². The molecule has 0 atom stereocenters. The van der Waals surface area contributed by atoms with Gasteiger partial charge in [-0.1, -0.05) is 17.9 Å². The van der Waals surface area contributed by atoms with Crippen molar-refractivity contribution in [2.75, 3.05) is 38.2 Å². The number of nitrogens with one attached hydrogen (secondary N) is 1. The van der Waals surface area contributed by atoms with Crippen molar-refractivity contribution in [1.82, 2.24) is 4.90 Å². The number of hydrogen-bond acceptors (Lipinski definition) is 3. The van der Waals surface area contributed by atoms with Crippen molar-refractivity contribution in [3.05, 3.63) is 29.3 Å². The molecule has 2 amide bonds. The third-order valence-corrected chi connectivity index (χ3v) is 3.02. The van der Waals surface area contributed by atoms with E-state index >= 15 is 0 Å². The first-order valence-electron chi connectivity index (χ1n) is 6.55. The van der Waals surface area contributed by atoms with Crippen LogP contribution in [0.4, 0.5) is 10.5 Å². The molecular formula is C15H18N2O3. The number of aryl methyl sites for hydroxylation is 1. The monoisotopic (exact) mass is 274 g/mol. The molecule has 0 saturated carbocycles. The second-order valence-corrected chi connectivity index (χ2v) is 4.54. The number of nitrogens with zero attached hydrogens (tertiary/aromatic N) is 1. The molecule has 1 aromatic rings. The summed E-state index contributed by atoms with van der Waals surface area (Å²) in [6, 6.07) is 5.48. The standard InChI is InChI=1S/C15H18N2O3/c1-12-4-5-14(13(11-12)3-2-8-18)16-15(19)17-6-9-20-10-7-17/h4-5,11,18H,6-10H2,1H3,(H,16,19). The Morgan fingerprint density at radius 2 is 2.20 bits per heavy atom. The fourth-order valence-corrected chi connectivity index (χ4v) is 1.97. The van der Waals surface area contributed by atoms with Crippen molar-refractivity contribution >= 4 is 11.7 Å². The van der Waals surface area contributed by atoms with Crippen LogP contribution in [0, 0.1) is 18.8 Å². The molecule has 0 bridgehead atoms. The lowest BCUT2D eigenvalue weighted by atomic mass is 10.1. The number of ether oxygens (including phenoxy) is 1. The molecule has 2 N–H and O–H groups in total. The van der Waals surface area contributed by atoms with Crippen molar-refractivity contribution in [3.63, 3.8) is 0 Å². The first kappa shape index (κ1) is 14.4. The van der Waals surface area contributed by atoms with Crippen molar-refractivity contribution < 1.29 is 14.6 Å². The minimum absolute atomic E-state index is 0.149. The Labute approximate surface area is 118 Å². The number of hydrogen-bond donors (Lipinski definition) is 2. The summed E-state index contributed by atoms with van der Waals surface area (Å²) in [7, 11) is 0. The number of benzene rings is 1. The number of aliphatic hydroxyl groups excluding tert-OH is 1. The molecule has 2 rings (SSSR count). The first-order valence-corrected chi connectivity index (χ1v) is 6.55. The molecule has 1 heterocycles. The van der Waals surface area contributed by atoms with Crippen LogP contribution >= 0.6 is 0 Å². The van der Waals surface area contributed by atoms with E-state index in [9.17, 15) is 4.79 Å². The SMILES string of the molecule is Cc1ccc(NC(=O)N2CCOCC2)c(C#CCO)c1. The Morgan fingerprint density at radius 3 is 2.90 bits per heavy atom. The van der Waals surface area contributed by atoms with Gasteiger partial charge in [0.2, 0.25) is 0 Å². The van der Waals surface area contributed by atoms with E-state index in [4.69, 9.17) is 9.84 Å². The highest BCUT2D eigenvalue weighted by atomic mass is 16.5. The van der Waals surface area contributed by atoms with E-state index in [2.05, 4.69) is 17.2 Å². The van der Waals surface area contributed by atoms with Gasteiger partial charge in [0.05, 0.1) is 18.9 Å². The van der Waals surface area contributed by atoms with Crippen LogP contribution in [0.3, 0.4) is 0 Å². The van der Waals surface area contributed by atoms with Gasteiger partial charge < -0.3 is 20.1 Å². The Kier molecular flexibility index (Phi) is 4.99. The highest BCUT2D eigenvalue weighted by molar-refractivity contribution is 5.91. The number of morpholine rings is 1. The van der Waals surface area contributed by atoms with Crippen LogP contribution in [0.25, 0.3) is 0 Å². The Bertz CT molecular complexity index is 540. The smallest absolute Gasteiger partial charge is 0.322 e. The van der Waals surface area contributed by atoms with E-state index in [0.29, 0.717) is 37.6 Å². The second-order valence-electron chi connectivity index (χ2n) is 4.54. The zero-order valence-corrected chi connectivity index (χ0v) is 11.5. The molecule has 1 fully saturated rings. The fourth-order valence-electron chi connectivity index (χ4n) is 1.97. The molecule has 1 aliphatic rings. The van der Waals surface area contributed by atoms with Gasteiger partial charge in [0.1, 0.15) is 6.61 Å². The lowest BCUT2D eigenvalue weighted by molar-refractivity contribution is 0.0564. The average molecular weight is 274 g/mol. The number of carbonyl (C=O) groups is 1. The van der Waals surface area contributed by atoms with Crippen LogP contribution in [0.15, 0.2) is 18.2 Å². The molecule has 1 aliphatic heterocycles. The molecule has 20 heavy (non-hydrogen) atoms. The lowest BCUT2D eigenvalue weighted by Crippen LogP contribution is -2.43. The van der Waals surface area contributed by atoms with Crippen LogP contribution < -0.4 is 5.32 Å². The van der Waals surface area contributed by atoms with Gasteiger partial charge in [-0.25, -0.2) is 4.79 Å². The van der Waals surface area contributed by atoms with E-state index in [-0.39, 0.29) is 12.6 Å². The zero-order valence-electron chi connectivity index (χ0n) is 11.5. The van der Waals surface area contributed by atoms with Crippen molar-refractivity contribution in [2.24, 2.45) is 0 Å². The summed E-state index contributed by atoms with van der Waals surface area (Å²) in [5.41, 5.74) is 2.42. The molecular weight excluding hydrogens is 256 g/mol. The number of amides is 2. The maximum Gasteiger partial charge on any atom is 0.322 e. The third-order valence-electron chi connectivity index (χ3n) is 3.02. The largest absolute Gasteiger partial charge is 0.384 e. The molecule has 106 valence electrons. The summed E-state index contributed by atoms with van der Waals surface area (Å²) >= 11 is 0. The first-order chi connectivity index (χ1) is 9.70. The van der Waals surface area contributed by atoms with Crippen LogP contribution in [-0.4, -0.2) is 48.9 Å². The molecule has 5 heteroatoms. The molecule has 0 spiro atoms. The van der Waals surface area contributed by atoms with Crippen molar-refractivity contribution in [1.29, 1.82) is 0 Å². The number of aliphatic hydroxyl groups is 1. The minimum atomic E-state index is -0.204. The van der Waals surface area contributed by atoms with Gasteiger partial charge in [0, 0.05) is 18.7 Å². The van der Waals surface area contributed by atoms with Crippen molar-refractivity contribution in [2.45, 2.75) is 6.92 Å². The van der Waals surface area contributed by atoms with Crippen LogP contribution in [-0.2, 0) is 4.74 Å². The molecule has 1 aromatic carbocycles. The number of rotatable bonds is 1. The van der Waals surface area contributed by atoms with Crippen LogP contribution in [0.1, 0.15) is 11.1 Å². The summed E-state index contributed by atoms with van der Waals surface area (Å²) in [4.78, 5) is 13.9. The highest BCUT2D eigenvalue weighted by Gasteiger charge is 2.17. The molecule has 0 aromatic heterocycles. The van der Waals surface area contributed by atoms with Gasteiger partial charge in [-0.15, -0.1) is 0 Å². The number of anilines is 1. The van der Waals surface area contributed by atoms with Gasteiger partial charge >= 0.3 is 6.03 Å². The van der Waals surface area contributed by atoms with E-state index in [0.717, 1.165) is 5.56 Å². The Balaban J connectivity index is 2.13. The van der Waals surface area contributed by atoms with Gasteiger partial charge in [-0.3, -0.25) is 0 Å². The summed E-state index contributed by atoms with van der Waals surface area (Å²) < 4.78 is 5.22. The van der Waals surface area contributed by atoms with Crippen LogP contribution in [0.2, 0.25) is 0 Å². The van der Waals surface area contributed by atoms with E-state index in [1.165, 1.54) is 0 Å². The summed E-state index contributed by atoms with van der Waals surface area (Å²) in [6.45, 7) is 4.07. The predicted octanol–water partition coefficient (Wildman–Crippen LogP) is 1.20. The Hall–Kier alpha value is -2.03. The van der Waals surface area contributed by atoms with Gasteiger partial charge in [0.15, 0.2) is 0 Å². The predicted molar refractivity (Wildman–Crippen MR) is 76.6 cm³/mol.